The van der Waals surface area contributed by atoms with E-state index >= 15 is 0 Å². The van der Waals surface area contributed by atoms with E-state index in [2.05, 4.69) is 5.32 Å². The lowest BCUT2D eigenvalue weighted by atomic mass is 10.1. The smallest absolute Gasteiger partial charge is 0.241 e. The van der Waals surface area contributed by atoms with Crippen molar-refractivity contribution in [3.05, 3.63) is 24.0 Å². The summed E-state index contributed by atoms with van der Waals surface area (Å²) in [5, 5.41) is 2.91. The molecule has 1 aromatic rings. The van der Waals surface area contributed by atoms with Gasteiger partial charge in [0.05, 0.1) is 6.54 Å². The SMILES string of the molecule is Nc1cc(F)cc(NCC(=O)N2CCCCC2)c1. The zero-order valence-corrected chi connectivity index (χ0v) is 10.3. The van der Waals surface area contributed by atoms with Crippen LogP contribution in [0.3, 0.4) is 0 Å². The Bertz CT molecular complexity index is 410. The van der Waals surface area contributed by atoms with Crippen molar-refractivity contribution in [1.29, 1.82) is 0 Å². The van der Waals surface area contributed by atoms with Gasteiger partial charge >= 0.3 is 0 Å². The highest BCUT2D eigenvalue weighted by Crippen LogP contribution is 2.15. The quantitative estimate of drug-likeness (QED) is 0.806. The predicted octanol–water partition coefficient (Wildman–Crippen LogP) is 1.83. The summed E-state index contributed by atoms with van der Waals surface area (Å²) < 4.78 is 13.1. The molecule has 0 saturated carbocycles. The lowest BCUT2D eigenvalue weighted by Gasteiger charge is -2.26. The number of nitrogens with zero attached hydrogens (tertiary/aromatic N) is 1. The molecule has 0 atom stereocenters. The Morgan fingerprint density at radius 1 is 1.28 bits per heavy atom. The Hall–Kier alpha value is -1.78. The summed E-state index contributed by atoms with van der Waals surface area (Å²) in [5.74, 6) is -0.347. The van der Waals surface area contributed by atoms with Gasteiger partial charge in [-0.2, -0.15) is 0 Å². The molecule has 0 aromatic heterocycles. The molecule has 0 unspecified atom stereocenters. The number of carbonyl (C=O) groups is 1. The standard InChI is InChI=1S/C13H18FN3O/c14-10-6-11(15)8-12(7-10)16-9-13(18)17-4-2-1-3-5-17/h6-8,16H,1-5,9,15H2. The normalized spacial score (nSPS) is 15.5. The molecule has 1 aromatic carbocycles. The number of likely N-dealkylation sites (tertiary alicyclic amines) is 1. The predicted molar refractivity (Wildman–Crippen MR) is 69.7 cm³/mol. The molecule has 1 saturated heterocycles. The minimum atomic E-state index is -0.400. The largest absolute Gasteiger partial charge is 0.399 e. The van der Waals surface area contributed by atoms with Crippen molar-refractivity contribution in [2.24, 2.45) is 0 Å². The molecule has 98 valence electrons. The second-order valence-corrected chi connectivity index (χ2v) is 4.57. The molecular weight excluding hydrogens is 233 g/mol. The van der Waals surface area contributed by atoms with Crippen LogP contribution in [0.4, 0.5) is 15.8 Å². The topological polar surface area (TPSA) is 58.4 Å². The fourth-order valence-electron chi connectivity index (χ4n) is 2.15. The highest BCUT2D eigenvalue weighted by atomic mass is 19.1. The van der Waals surface area contributed by atoms with Crippen molar-refractivity contribution in [3.63, 3.8) is 0 Å². The van der Waals surface area contributed by atoms with E-state index in [0.717, 1.165) is 25.9 Å². The average Bonchev–Trinajstić information content (AvgIpc) is 2.36. The number of nitrogens with one attached hydrogen (secondary N) is 1. The molecule has 2 rings (SSSR count). The second kappa shape index (κ2) is 5.71. The molecule has 0 aliphatic carbocycles. The highest BCUT2D eigenvalue weighted by Gasteiger charge is 2.15. The first-order chi connectivity index (χ1) is 8.65. The number of nitrogens with two attached hydrogens (primary N) is 1. The summed E-state index contributed by atoms with van der Waals surface area (Å²) in [5.41, 5.74) is 6.42. The molecule has 3 N–H and O–H groups in total. The number of piperidine rings is 1. The fourth-order valence-corrected chi connectivity index (χ4v) is 2.15. The molecule has 4 nitrogen and oxygen atoms in total. The summed E-state index contributed by atoms with van der Waals surface area (Å²) in [4.78, 5) is 13.7. The molecule has 1 aliphatic heterocycles. The van der Waals surface area contributed by atoms with Crippen LogP contribution in [-0.2, 0) is 4.79 Å². The number of rotatable bonds is 3. The van der Waals surface area contributed by atoms with Crippen LogP contribution in [0.1, 0.15) is 19.3 Å². The molecule has 0 bridgehead atoms. The minimum absolute atomic E-state index is 0.0533. The van der Waals surface area contributed by atoms with Crippen LogP contribution in [0.15, 0.2) is 18.2 Å². The van der Waals surface area contributed by atoms with Crippen LogP contribution in [-0.4, -0.2) is 30.4 Å². The van der Waals surface area contributed by atoms with Gasteiger partial charge in [-0.15, -0.1) is 0 Å². The van der Waals surface area contributed by atoms with Crippen molar-refractivity contribution >= 4 is 17.3 Å². The van der Waals surface area contributed by atoms with E-state index in [9.17, 15) is 9.18 Å². The van der Waals surface area contributed by atoms with E-state index in [-0.39, 0.29) is 12.5 Å². The van der Waals surface area contributed by atoms with Gasteiger partial charge in [-0.25, -0.2) is 4.39 Å². The first-order valence-corrected chi connectivity index (χ1v) is 6.23. The van der Waals surface area contributed by atoms with E-state index in [1.807, 2.05) is 4.90 Å². The van der Waals surface area contributed by atoms with E-state index in [1.54, 1.807) is 6.07 Å². The Kier molecular flexibility index (Phi) is 4.02. The number of nitrogen functional groups attached to an aromatic ring is 1. The lowest BCUT2D eigenvalue weighted by Crippen LogP contribution is -2.39. The highest BCUT2D eigenvalue weighted by molar-refractivity contribution is 5.81. The maximum atomic E-state index is 13.1. The molecule has 1 aliphatic rings. The molecule has 0 spiro atoms. The Labute approximate surface area is 106 Å². The Balaban J connectivity index is 1.88. The maximum Gasteiger partial charge on any atom is 0.241 e. The number of benzene rings is 1. The molecular formula is C13H18FN3O. The first-order valence-electron chi connectivity index (χ1n) is 6.23. The van der Waals surface area contributed by atoms with Gasteiger partial charge in [-0.1, -0.05) is 0 Å². The number of hydrogen-bond donors (Lipinski definition) is 2. The summed E-state index contributed by atoms with van der Waals surface area (Å²) >= 11 is 0. The monoisotopic (exact) mass is 251 g/mol. The van der Waals surface area contributed by atoms with Gasteiger partial charge in [0.2, 0.25) is 5.91 Å². The molecule has 1 fully saturated rings. The average molecular weight is 251 g/mol. The van der Waals surface area contributed by atoms with Gasteiger partial charge in [0.15, 0.2) is 0 Å². The minimum Gasteiger partial charge on any atom is -0.399 e. The van der Waals surface area contributed by atoms with Crippen LogP contribution in [0.5, 0.6) is 0 Å². The number of anilines is 2. The van der Waals surface area contributed by atoms with Gasteiger partial charge in [-0.05, 0) is 37.5 Å². The Morgan fingerprint density at radius 3 is 2.67 bits per heavy atom. The summed E-state index contributed by atoms with van der Waals surface area (Å²) in [6, 6.07) is 4.20. The van der Waals surface area contributed by atoms with Gasteiger partial charge in [0, 0.05) is 24.5 Å². The number of hydrogen-bond acceptors (Lipinski definition) is 3. The van der Waals surface area contributed by atoms with Crippen molar-refractivity contribution in [3.8, 4) is 0 Å². The molecule has 1 heterocycles. The lowest BCUT2D eigenvalue weighted by molar-refractivity contribution is -0.130. The first kappa shape index (κ1) is 12.7. The summed E-state index contributed by atoms with van der Waals surface area (Å²) in [6.07, 6.45) is 3.33. The van der Waals surface area contributed by atoms with Crippen molar-refractivity contribution in [2.45, 2.75) is 19.3 Å². The molecule has 5 heteroatoms. The third kappa shape index (κ3) is 3.35. The zero-order valence-electron chi connectivity index (χ0n) is 10.3. The maximum absolute atomic E-state index is 13.1. The van der Waals surface area contributed by atoms with E-state index in [1.165, 1.54) is 18.6 Å². The molecule has 0 radical (unpaired) electrons. The van der Waals surface area contributed by atoms with Crippen molar-refractivity contribution in [1.82, 2.24) is 4.90 Å². The summed E-state index contributed by atoms with van der Waals surface area (Å²) in [6.45, 7) is 1.83. The van der Waals surface area contributed by atoms with Crippen LogP contribution in [0.25, 0.3) is 0 Å². The van der Waals surface area contributed by atoms with Crippen LogP contribution < -0.4 is 11.1 Å². The number of halogens is 1. The third-order valence-corrected chi connectivity index (χ3v) is 3.07. The van der Waals surface area contributed by atoms with Gasteiger partial charge in [-0.3, -0.25) is 4.79 Å². The number of amides is 1. The molecule has 1 amide bonds. The van der Waals surface area contributed by atoms with Gasteiger partial charge in [0.25, 0.3) is 0 Å². The van der Waals surface area contributed by atoms with Crippen molar-refractivity contribution < 1.29 is 9.18 Å². The van der Waals surface area contributed by atoms with Crippen LogP contribution in [0.2, 0.25) is 0 Å². The fraction of sp³-hybridized carbons (Fsp3) is 0.462. The van der Waals surface area contributed by atoms with Gasteiger partial charge < -0.3 is 16.0 Å². The number of carbonyl (C=O) groups excluding carboxylic acids is 1. The third-order valence-electron chi connectivity index (χ3n) is 3.07. The van der Waals surface area contributed by atoms with Crippen LogP contribution in [0, 0.1) is 5.82 Å². The van der Waals surface area contributed by atoms with E-state index < -0.39 is 5.82 Å². The second-order valence-electron chi connectivity index (χ2n) is 4.57. The van der Waals surface area contributed by atoms with Gasteiger partial charge in [0.1, 0.15) is 5.82 Å². The van der Waals surface area contributed by atoms with E-state index in [0.29, 0.717) is 11.4 Å². The van der Waals surface area contributed by atoms with Crippen LogP contribution >= 0.6 is 0 Å². The Morgan fingerprint density at radius 2 is 2.00 bits per heavy atom. The van der Waals surface area contributed by atoms with Crippen molar-refractivity contribution in [2.75, 3.05) is 30.7 Å². The van der Waals surface area contributed by atoms with E-state index in [4.69, 9.17) is 5.73 Å². The summed E-state index contributed by atoms with van der Waals surface area (Å²) in [7, 11) is 0. The molecule has 18 heavy (non-hydrogen) atoms. The zero-order chi connectivity index (χ0) is 13.0.